The number of benzene rings is 1. The second kappa shape index (κ2) is 8.42. The minimum absolute atomic E-state index is 0.00862. The molecular formula is C19H23N3O4S2. The Morgan fingerprint density at radius 3 is 2.50 bits per heavy atom. The number of hydrogen-bond acceptors (Lipinski definition) is 5. The van der Waals surface area contributed by atoms with E-state index in [0.717, 1.165) is 0 Å². The Kier molecular flexibility index (Phi) is 6.17. The fourth-order valence-corrected chi connectivity index (χ4v) is 4.91. The van der Waals surface area contributed by atoms with Gasteiger partial charge in [-0.25, -0.2) is 13.1 Å². The number of aryl methyl sites for hydroxylation is 1. The second-order valence-electron chi connectivity index (χ2n) is 6.72. The Morgan fingerprint density at radius 2 is 1.89 bits per heavy atom. The third kappa shape index (κ3) is 4.43. The first-order valence-electron chi connectivity index (χ1n) is 8.99. The van der Waals surface area contributed by atoms with Gasteiger partial charge in [-0.15, -0.1) is 11.3 Å². The number of amides is 2. The lowest BCUT2D eigenvalue weighted by Crippen LogP contribution is -2.41. The van der Waals surface area contributed by atoms with Crippen molar-refractivity contribution in [3.05, 3.63) is 46.2 Å². The zero-order chi connectivity index (χ0) is 20.3. The molecule has 2 heterocycles. The summed E-state index contributed by atoms with van der Waals surface area (Å²) in [4.78, 5) is 27.6. The SMILES string of the molecule is CNS(=O)(=O)c1cc(NC(=O)C2CCN(C(=O)c3cccs3)CC2)ccc1C. The molecule has 28 heavy (non-hydrogen) atoms. The van der Waals surface area contributed by atoms with Crippen molar-refractivity contribution in [1.29, 1.82) is 0 Å². The quantitative estimate of drug-likeness (QED) is 0.775. The van der Waals surface area contributed by atoms with E-state index in [1.54, 1.807) is 30.0 Å². The average Bonchev–Trinajstić information content (AvgIpc) is 3.23. The molecule has 0 radical (unpaired) electrons. The van der Waals surface area contributed by atoms with E-state index in [0.29, 0.717) is 42.1 Å². The van der Waals surface area contributed by atoms with Crippen molar-refractivity contribution in [3.63, 3.8) is 0 Å². The van der Waals surface area contributed by atoms with Crippen LogP contribution >= 0.6 is 11.3 Å². The third-order valence-corrected chi connectivity index (χ3v) is 7.31. The molecule has 1 aliphatic heterocycles. The van der Waals surface area contributed by atoms with E-state index >= 15 is 0 Å². The van der Waals surface area contributed by atoms with Crippen molar-refractivity contribution in [1.82, 2.24) is 9.62 Å². The number of carbonyl (C=O) groups is 2. The molecule has 2 aromatic rings. The van der Waals surface area contributed by atoms with Gasteiger partial charge in [0, 0.05) is 24.7 Å². The van der Waals surface area contributed by atoms with Crippen LogP contribution in [-0.2, 0) is 14.8 Å². The highest BCUT2D eigenvalue weighted by Gasteiger charge is 2.28. The smallest absolute Gasteiger partial charge is 0.263 e. The molecule has 2 amide bonds. The zero-order valence-corrected chi connectivity index (χ0v) is 17.4. The highest BCUT2D eigenvalue weighted by molar-refractivity contribution is 7.89. The molecule has 3 rings (SSSR count). The molecule has 1 saturated heterocycles. The molecule has 1 fully saturated rings. The minimum Gasteiger partial charge on any atom is -0.338 e. The molecule has 0 aliphatic carbocycles. The van der Waals surface area contributed by atoms with Crippen LogP contribution in [-0.4, -0.2) is 45.3 Å². The van der Waals surface area contributed by atoms with Crippen molar-refractivity contribution in [2.24, 2.45) is 5.92 Å². The summed E-state index contributed by atoms with van der Waals surface area (Å²) in [5.41, 5.74) is 1.05. The van der Waals surface area contributed by atoms with Crippen LogP contribution < -0.4 is 10.0 Å². The average molecular weight is 422 g/mol. The zero-order valence-electron chi connectivity index (χ0n) is 15.8. The molecule has 2 N–H and O–H groups in total. The first-order valence-corrected chi connectivity index (χ1v) is 11.4. The number of thiophene rings is 1. The van der Waals surface area contributed by atoms with E-state index in [2.05, 4.69) is 10.0 Å². The van der Waals surface area contributed by atoms with E-state index in [1.165, 1.54) is 24.5 Å². The van der Waals surface area contributed by atoms with E-state index in [4.69, 9.17) is 0 Å². The van der Waals surface area contributed by atoms with Gasteiger partial charge in [-0.2, -0.15) is 0 Å². The molecule has 0 saturated carbocycles. The Hall–Kier alpha value is -2.23. The fraction of sp³-hybridized carbons (Fsp3) is 0.368. The normalized spacial score (nSPS) is 15.4. The summed E-state index contributed by atoms with van der Waals surface area (Å²) in [5, 5.41) is 4.69. The topological polar surface area (TPSA) is 95.6 Å². The molecule has 9 heteroatoms. The lowest BCUT2D eigenvalue weighted by molar-refractivity contribution is -0.121. The van der Waals surface area contributed by atoms with Gasteiger partial charge < -0.3 is 10.2 Å². The number of nitrogens with one attached hydrogen (secondary N) is 2. The Balaban J connectivity index is 1.62. The third-order valence-electron chi connectivity index (χ3n) is 4.90. The number of piperidine rings is 1. The van der Waals surface area contributed by atoms with Gasteiger partial charge in [0.15, 0.2) is 0 Å². The van der Waals surface area contributed by atoms with Gasteiger partial charge in [0.1, 0.15) is 0 Å². The van der Waals surface area contributed by atoms with Gasteiger partial charge in [-0.3, -0.25) is 9.59 Å². The second-order valence-corrected chi connectivity index (χ2v) is 9.52. The monoisotopic (exact) mass is 421 g/mol. The Labute approximate surface area is 168 Å². The number of likely N-dealkylation sites (tertiary alicyclic amines) is 1. The molecular weight excluding hydrogens is 398 g/mol. The van der Waals surface area contributed by atoms with E-state index in [9.17, 15) is 18.0 Å². The first kappa shape index (κ1) is 20.5. The summed E-state index contributed by atoms with van der Waals surface area (Å²) in [7, 11) is -2.24. The van der Waals surface area contributed by atoms with Gasteiger partial charge in [0.05, 0.1) is 9.77 Å². The Morgan fingerprint density at radius 1 is 1.18 bits per heavy atom. The maximum atomic E-state index is 12.6. The minimum atomic E-state index is -3.59. The first-order chi connectivity index (χ1) is 13.3. The summed E-state index contributed by atoms with van der Waals surface area (Å²) in [6.45, 7) is 2.76. The van der Waals surface area contributed by atoms with Crippen LogP contribution in [0.3, 0.4) is 0 Å². The van der Waals surface area contributed by atoms with Gasteiger partial charge >= 0.3 is 0 Å². The van der Waals surface area contributed by atoms with Gasteiger partial charge in [-0.05, 0) is 56.0 Å². The number of nitrogens with zero attached hydrogens (tertiary/aromatic N) is 1. The molecule has 0 bridgehead atoms. The molecule has 0 atom stereocenters. The van der Waals surface area contributed by atoms with Crippen LogP contribution in [0.5, 0.6) is 0 Å². The molecule has 150 valence electrons. The van der Waals surface area contributed by atoms with Crippen molar-refractivity contribution in [3.8, 4) is 0 Å². The molecule has 7 nitrogen and oxygen atoms in total. The Bertz CT molecular complexity index is 963. The van der Waals surface area contributed by atoms with Gasteiger partial charge in [0.25, 0.3) is 5.91 Å². The lowest BCUT2D eigenvalue weighted by atomic mass is 9.95. The van der Waals surface area contributed by atoms with Crippen LogP contribution in [0.25, 0.3) is 0 Å². The van der Waals surface area contributed by atoms with Crippen LogP contribution in [0.2, 0.25) is 0 Å². The van der Waals surface area contributed by atoms with Gasteiger partial charge in [0.2, 0.25) is 15.9 Å². The van der Waals surface area contributed by atoms with Crippen molar-refractivity contribution >= 4 is 38.9 Å². The fourth-order valence-electron chi connectivity index (χ4n) is 3.22. The van der Waals surface area contributed by atoms with Crippen LogP contribution in [0, 0.1) is 12.8 Å². The number of sulfonamides is 1. The molecule has 1 aromatic heterocycles. The number of rotatable bonds is 5. The molecule has 1 aliphatic rings. The van der Waals surface area contributed by atoms with E-state index < -0.39 is 10.0 Å². The molecule has 0 unspecified atom stereocenters. The van der Waals surface area contributed by atoms with Crippen LogP contribution in [0.4, 0.5) is 5.69 Å². The van der Waals surface area contributed by atoms with Crippen molar-refractivity contribution in [2.75, 3.05) is 25.5 Å². The van der Waals surface area contributed by atoms with E-state index in [-0.39, 0.29) is 22.6 Å². The summed E-state index contributed by atoms with van der Waals surface area (Å²) in [6, 6.07) is 8.48. The standard InChI is InChI=1S/C19H23N3O4S2/c1-13-5-6-15(12-17(13)28(25,26)20-2)21-18(23)14-7-9-22(10-8-14)19(24)16-4-3-11-27-16/h3-6,11-12,14,20H,7-10H2,1-2H3,(H,21,23). The van der Waals surface area contributed by atoms with Crippen molar-refractivity contribution in [2.45, 2.75) is 24.7 Å². The lowest BCUT2D eigenvalue weighted by Gasteiger charge is -2.31. The predicted octanol–water partition coefficient (Wildman–Crippen LogP) is 2.46. The number of carbonyl (C=O) groups excluding carboxylic acids is 2. The summed E-state index contributed by atoms with van der Waals surface area (Å²) in [5.74, 6) is -0.354. The summed E-state index contributed by atoms with van der Waals surface area (Å²) < 4.78 is 26.5. The predicted molar refractivity (Wildman–Crippen MR) is 109 cm³/mol. The van der Waals surface area contributed by atoms with Crippen molar-refractivity contribution < 1.29 is 18.0 Å². The summed E-state index contributed by atoms with van der Waals surface area (Å²) >= 11 is 1.42. The van der Waals surface area contributed by atoms with Crippen LogP contribution in [0.15, 0.2) is 40.6 Å². The van der Waals surface area contributed by atoms with Gasteiger partial charge in [-0.1, -0.05) is 12.1 Å². The van der Waals surface area contributed by atoms with Crippen LogP contribution in [0.1, 0.15) is 28.1 Å². The molecule has 1 aromatic carbocycles. The highest BCUT2D eigenvalue weighted by Crippen LogP contribution is 2.24. The number of anilines is 1. The molecule has 0 spiro atoms. The largest absolute Gasteiger partial charge is 0.338 e. The number of hydrogen-bond donors (Lipinski definition) is 2. The highest BCUT2D eigenvalue weighted by atomic mass is 32.2. The maximum absolute atomic E-state index is 12.6. The summed E-state index contributed by atoms with van der Waals surface area (Å²) in [6.07, 6.45) is 1.16. The maximum Gasteiger partial charge on any atom is 0.263 e. The van der Waals surface area contributed by atoms with E-state index in [1.807, 2.05) is 11.4 Å².